The molecule has 1 aromatic heterocycles. The van der Waals surface area contributed by atoms with E-state index in [9.17, 15) is 4.79 Å². The van der Waals surface area contributed by atoms with Crippen LogP contribution in [-0.4, -0.2) is 41.1 Å². The number of rotatable bonds is 6. The van der Waals surface area contributed by atoms with E-state index in [2.05, 4.69) is 41.3 Å². The van der Waals surface area contributed by atoms with E-state index >= 15 is 0 Å². The Labute approximate surface area is 164 Å². The van der Waals surface area contributed by atoms with Gasteiger partial charge in [0, 0.05) is 31.0 Å². The number of methoxy groups -OCH3 is 1. The predicted octanol–water partition coefficient (Wildman–Crippen LogP) is 3.61. The van der Waals surface area contributed by atoms with Gasteiger partial charge in [0.1, 0.15) is 5.75 Å². The van der Waals surface area contributed by atoms with Crippen molar-refractivity contribution in [3.8, 4) is 17.2 Å². The van der Waals surface area contributed by atoms with Crippen molar-refractivity contribution in [1.29, 1.82) is 0 Å². The van der Waals surface area contributed by atoms with E-state index in [-0.39, 0.29) is 11.8 Å². The highest BCUT2D eigenvalue weighted by molar-refractivity contribution is 5.79. The summed E-state index contributed by atoms with van der Waals surface area (Å²) in [7, 11) is 1.63. The molecule has 0 N–H and O–H groups in total. The zero-order chi connectivity index (χ0) is 19.5. The van der Waals surface area contributed by atoms with Crippen molar-refractivity contribution >= 4 is 5.91 Å². The maximum atomic E-state index is 12.4. The van der Waals surface area contributed by atoms with Crippen LogP contribution < -0.4 is 4.74 Å². The van der Waals surface area contributed by atoms with E-state index < -0.39 is 0 Å². The Morgan fingerprint density at radius 1 is 1.21 bits per heavy atom. The average Bonchev–Trinajstić information content (AvgIpc) is 3.33. The predicted molar refractivity (Wildman–Crippen MR) is 105 cm³/mol. The summed E-state index contributed by atoms with van der Waals surface area (Å²) in [6.45, 7) is 3.42. The molecule has 0 saturated carbocycles. The fraction of sp³-hybridized carbons (Fsp3) is 0.318. The summed E-state index contributed by atoms with van der Waals surface area (Å²) >= 11 is 0. The third-order valence-corrected chi connectivity index (χ3v) is 5.11. The molecule has 0 radical (unpaired) electrons. The highest BCUT2D eigenvalue weighted by Gasteiger charge is 2.33. The number of benzene rings is 2. The Balaban J connectivity index is 1.40. The smallest absolute Gasteiger partial charge is 0.257 e. The molecule has 1 amide bonds. The molecule has 0 aliphatic carbocycles. The zero-order valence-electron chi connectivity index (χ0n) is 16.1. The van der Waals surface area contributed by atoms with E-state index in [0.29, 0.717) is 31.2 Å². The second-order valence-corrected chi connectivity index (χ2v) is 7.17. The standard InChI is InChI=1S/C22H23N3O3/c1-15-4-3-5-16(12-15)10-11-25-14-18(13-20(25)26)21-23-22(28-24-21)17-6-8-19(27-2)9-7-17/h3-9,12,18H,10-11,13-14H2,1-2H3. The van der Waals surface area contributed by atoms with Gasteiger partial charge in [0.05, 0.1) is 7.11 Å². The Morgan fingerprint density at radius 2 is 2.04 bits per heavy atom. The minimum absolute atomic E-state index is 0.0271. The lowest BCUT2D eigenvalue weighted by Crippen LogP contribution is -2.27. The third-order valence-electron chi connectivity index (χ3n) is 5.11. The van der Waals surface area contributed by atoms with Crippen molar-refractivity contribution in [3.05, 3.63) is 65.5 Å². The Morgan fingerprint density at radius 3 is 2.79 bits per heavy atom. The molecule has 1 atom stereocenters. The van der Waals surface area contributed by atoms with Crippen molar-refractivity contribution in [2.24, 2.45) is 0 Å². The number of hydrogen-bond acceptors (Lipinski definition) is 5. The van der Waals surface area contributed by atoms with E-state index in [0.717, 1.165) is 17.7 Å². The zero-order valence-corrected chi connectivity index (χ0v) is 16.1. The number of ether oxygens (including phenoxy) is 1. The molecule has 3 aromatic rings. The van der Waals surface area contributed by atoms with Crippen LogP contribution >= 0.6 is 0 Å². The lowest BCUT2D eigenvalue weighted by atomic mass is 10.1. The second-order valence-electron chi connectivity index (χ2n) is 7.17. The first-order valence-electron chi connectivity index (χ1n) is 9.44. The van der Waals surface area contributed by atoms with Gasteiger partial charge in [0.2, 0.25) is 5.91 Å². The van der Waals surface area contributed by atoms with Crippen LogP contribution in [0.25, 0.3) is 11.5 Å². The Kier molecular flexibility index (Phi) is 5.10. The monoisotopic (exact) mass is 377 g/mol. The molecule has 144 valence electrons. The molecule has 0 bridgehead atoms. The minimum Gasteiger partial charge on any atom is -0.497 e. The number of hydrogen-bond donors (Lipinski definition) is 0. The van der Waals surface area contributed by atoms with Crippen LogP contribution in [0, 0.1) is 6.92 Å². The summed E-state index contributed by atoms with van der Waals surface area (Å²) < 4.78 is 10.6. The number of carbonyl (C=O) groups is 1. The molecule has 4 rings (SSSR count). The first kappa shape index (κ1) is 18.2. The van der Waals surface area contributed by atoms with Crippen LogP contribution in [0.4, 0.5) is 0 Å². The molecule has 1 aliphatic heterocycles. The average molecular weight is 377 g/mol. The van der Waals surface area contributed by atoms with Crippen LogP contribution in [0.3, 0.4) is 0 Å². The first-order valence-corrected chi connectivity index (χ1v) is 9.44. The van der Waals surface area contributed by atoms with E-state index in [1.54, 1.807) is 7.11 Å². The van der Waals surface area contributed by atoms with Gasteiger partial charge in [-0.25, -0.2) is 0 Å². The van der Waals surface area contributed by atoms with Crippen LogP contribution in [0.15, 0.2) is 53.1 Å². The topological polar surface area (TPSA) is 68.5 Å². The minimum atomic E-state index is -0.0271. The Hall–Kier alpha value is -3.15. The fourth-order valence-electron chi connectivity index (χ4n) is 3.54. The van der Waals surface area contributed by atoms with Gasteiger partial charge in [0.25, 0.3) is 5.89 Å². The highest BCUT2D eigenvalue weighted by Crippen LogP contribution is 2.29. The number of nitrogens with zero attached hydrogens (tertiary/aromatic N) is 3. The lowest BCUT2D eigenvalue weighted by Gasteiger charge is -2.16. The first-order chi connectivity index (χ1) is 13.6. The normalized spacial score (nSPS) is 16.6. The SMILES string of the molecule is COc1ccc(-c2nc(C3CC(=O)N(CCc4cccc(C)c4)C3)no2)cc1. The summed E-state index contributed by atoms with van der Waals surface area (Å²) in [4.78, 5) is 18.8. The van der Waals surface area contributed by atoms with E-state index in [1.165, 1.54) is 11.1 Å². The van der Waals surface area contributed by atoms with Crippen molar-refractivity contribution < 1.29 is 14.1 Å². The number of likely N-dealkylation sites (tertiary alicyclic amines) is 1. The van der Waals surface area contributed by atoms with Gasteiger partial charge in [0.15, 0.2) is 5.82 Å². The van der Waals surface area contributed by atoms with Gasteiger partial charge < -0.3 is 14.2 Å². The molecule has 2 heterocycles. The number of carbonyl (C=O) groups excluding carboxylic acids is 1. The van der Waals surface area contributed by atoms with Crippen molar-refractivity contribution in [1.82, 2.24) is 15.0 Å². The van der Waals surface area contributed by atoms with Gasteiger partial charge >= 0.3 is 0 Å². The summed E-state index contributed by atoms with van der Waals surface area (Å²) in [5.41, 5.74) is 3.32. The largest absolute Gasteiger partial charge is 0.497 e. The highest BCUT2D eigenvalue weighted by atomic mass is 16.5. The van der Waals surface area contributed by atoms with Gasteiger partial charge in [-0.1, -0.05) is 35.0 Å². The number of aromatic nitrogens is 2. The molecular weight excluding hydrogens is 354 g/mol. The van der Waals surface area contributed by atoms with Gasteiger partial charge in [-0.15, -0.1) is 0 Å². The van der Waals surface area contributed by atoms with Crippen LogP contribution in [0.2, 0.25) is 0 Å². The second kappa shape index (κ2) is 7.84. The van der Waals surface area contributed by atoms with Crippen molar-refractivity contribution in [2.45, 2.75) is 25.7 Å². The third kappa shape index (κ3) is 3.91. The van der Waals surface area contributed by atoms with Gasteiger partial charge in [-0.3, -0.25) is 4.79 Å². The molecular formula is C22H23N3O3. The number of amides is 1. The summed E-state index contributed by atoms with van der Waals surface area (Å²) in [5.74, 6) is 1.95. The summed E-state index contributed by atoms with van der Waals surface area (Å²) in [5, 5.41) is 4.12. The van der Waals surface area contributed by atoms with Crippen molar-refractivity contribution in [3.63, 3.8) is 0 Å². The molecule has 1 unspecified atom stereocenters. The molecule has 6 heteroatoms. The van der Waals surface area contributed by atoms with Crippen molar-refractivity contribution in [2.75, 3.05) is 20.2 Å². The Bertz CT molecular complexity index is 965. The van der Waals surface area contributed by atoms with E-state index in [1.807, 2.05) is 29.2 Å². The molecule has 1 aliphatic rings. The molecule has 0 spiro atoms. The summed E-state index contributed by atoms with van der Waals surface area (Å²) in [6.07, 6.45) is 1.28. The summed E-state index contributed by atoms with van der Waals surface area (Å²) in [6, 6.07) is 15.9. The lowest BCUT2D eigenvalue weighted by molar-refractivity contribution is -0.127. The molecule has 2 aromatic carbocycles. The molecule has 28 heavy (non-hydrogen) atoms. The quantitative estimate of drug-likeness (QED) is 0.656. The van der Waals surface area contributed by atoms with Crippen LogP contribution in [0.1, 0.15) is 29.3 Å². The fourth-order valence-corrected chi connectivity index (χ4v) is 3.54. The maximum absolute atomic E-state index is 12.4. The molecule has 6 nitrogen and oxygen atoms in total. The molecule has 1 fully saturated rings. The van der Waals surface area contributed by atoms with Gasteiger partial charge in [-0.05, 0) is 43.2 Å². The maximum Gasteiger partial charge on any atom is 0.257 e. The van der Waals surface area contributed by atoms with E-state index in [4.69, 9.17) is 9.26 Å². The van der Waals surface area contributed by atoms with Gasteiger partial charge in [-0.2, -0.15) is 4.98 Å². The molecule has 1 saturated heterocycles. The van der Waals surface area contributed by atoms with Crippen LogP contribution in [0.5, 0.6) is 5.75 Å². The van der Waals surface area contributed by atoms with Crippen LogP contribution in [-0.2, 0) is 11.2 Å². The number of aryl methyl sites for hydroxylation is 1.